The van der Waals surface area contributed by atoms with Gasteiger partial charge in [0.25, 0.3) is 0 Å². The van der Waals surface area contributed by atoms with Crippen molar-refractivity contribution in [2.45, 2.75) is 20.0 Å². The fourth-order valence-electron chi connectivity index (χ4n) is 3.06. The second-order valence-corrected chi connectivity index (χ2v) is 6.00. The van der Waals surface area contributed by atoms with Crippen molar-refractivity contribution in [2.75, 3.05) is 18.1 Å². The Balaban J connectivity index is 1.52. The van der Waals surface area contributed by atoms with E-state index in [0.717, 1.165) is 36.1 Å². The molecule has 1 aliphatic rings. The maximum atomic E-state index is 11.7. The van der Waals surface area contributed by atoms with Crippen LogP contribution in [0.1, 0.15) is 23.1 Å². The summed E-state index contributed by atoms with van der Waals surface area (Å²) in [7, 11) is 0. The molecule has 0 aliphatic carbocycles. The summed E-state index contributed by atoms with van der Waals surface area (Å²) in [6.45, 7) is 4.36. The lowest BCUT2D eigenvalue weighted by molar-refractivity contribution is 0.0526. The van der Waals surface area contributed by atoms with E-state index in [1.54, 1.807) is 19.2 Å². The molecule has 4 rings (SSSR count). The monoisotopic (exact) mass is 349 g/mol. The molecule has 26 heavy (non-hydrogen) atoms. The number of ether oxygens (including phenoxy) is 1. The van der Waals surface area contributed by atoms with Crippen LogP contribution >= 0.6 is 0 Å². The zero-order chi connectivity index (χ0) is 17.9. The van der Waals surface area contributed by atoms with E-state index in [2.05, 4.69) is 24.6 Å². The summed E-state index contributed by atoms with van der Waals surface area (Å²) in [6, 6.07) is 13.7. The highest BCUT2D eigenvalue weighted by Gasteiger charge is 2.22. The number of benzene rings is 1. The first kappa shape index (κ1) is 16.3. The lowest BCUT2D eigenvalue weighted by Crippen LogP contribution is -2.34. The van der Waals surface area contributed by atoms with Crippen LogP contribution in [0.3, 0.4) is 0 Å². The average Bonchev–Trinajstić information content (AvgIpc) is 3.12. The quantitative estimate of drug-likeness (QED) is 0.674. The van der Waals surface area contributed by atoms with Crippen LogP contribution in [0.25, 0.3) is 11.4 Å². The number of anilines is 1. The van der Waals surface area contributed by atoms with Crippen LogP contribution in [0.15, 0.2) is 48.7 Å². The molecule has 0 N–H and O–H groups in total. The Hall–Kier alpha value is -3.22. The smallest absolute Gasteiger partial charge is 0.339 e. The Morgan fingerprint density at radius 1 is 1.12 bits per heavy atom. The number of carbonyl (C=O) groups excluding carboxylic acids is 1. The summed E-state index contributed by atoms with van der Waals surface area (Å²) in [5.41, 5.74) is 1.53. The molecule has 1 aromatic carbocycles. The van der Waals surface area contributed by atoms with E-state index in [1.165, 1.54) is 0 Å². The van der Waals surface area contributed by atoms with Gasteiger partial charge in [-0.3, -0.25) is 0 Å². The second kappa shape index (κ2) is 6.95. The van der Waals surface area contributed by atoms with Gasteiger partial charge >= 0.3 is 5.97 Å². The maximum absolute atomic E-state index is 11.7. The highest BCUT2D eigenvalue weighted by molar-refractivity contribution is 5.89. The van der Waals surface area contributed by atoms with Crippen molar-refractivity contribution in [3.05, 3.63) is 60.0 Å². The largest absolute Gasteiger partial charge is 0.462 e. The van der Waals surface area contributed by atoms with Crippen LogP contribution < -0.4 is 4.90 Å². The lowest BCUT2D eigenvalue weighted by atomic mass is 10.2. The molecular formula is C19H19N5O2. The Kier molecular flexibility index (Phi) is 4.35. The van der Waals surface area contributed by atoms with E-state index in [9.17, 15) is 4.79 Å². The summed E-state index contributed by atoms with van der Waals surface area (Å²) in [6.07, 6.45) is 1.56. The number of hydrogen-bond donors (Lipinski definition) is 0. The number of nitrogens with zero attached hydrogens (tertiary/aromatic N) is 5. The van der Waals surface area contributed by atoms with E-state index in [1.807, 2.05) is 36.4 Å². The molecule has 0 atom stereocenters. The van der Waals surface area contributed by atoms with E-state index in [0.29, 0.717) is 18.7 Å². The van der Waals surface area contributed by atoms with Gasteiger partial charge in [0.2, 0.25) is 0 Å². The molecule has 7 heteroatoms. The zero-order valence-electron chi connectivity index (χ0n) is 14.5. The van der Waals surface area contributed by atoms with Crippen LogP contribution in [0.4, 0.5) is 5.82 Å². The summed E-state index contributed by atoms with van der Waals surface area (Å²) in [5.74, 6) is 2.27. The maximum Gasteiger partial charge on any atom is 0.339 e. The summed E-state index contributed by atoms with van der Waals surface area (Å²) in [5, 5.41) is 8.71. The van der Waals surface area contributed by atoms with Crippen LogP contribution in [-0.2, 0) is 17.8 Å². The third-order valence-electron chi connectivity index (χ3n) is 4.37. The van der Waals surface area contributed by atoms with Gasteiger partial charge in [0, 0.05) is 24.8 Å². The first-order chi connectivity index (χ1) is 12.8. The number of hydrogen-bond acceptors (Lipinski definition) is 6. The topological polar surface area (TPSA) is 73.1 Å². The molecule has 1 aliphatic heterocycles. The van der Waals surface area contributed by atoms with Gasteiger partial charge in [-0.15, -0.1) is 10.2 Å². The molecule has 7 nitrogen and oxygen atoms in total. The van der Waals surface area contributed by atoms with Gasteiger partial charge < -0.3 is 14.2 Å². The number of rotatable bonds is 4. The lowest BCUT2D eigenvalue weighted by Gasteiger charge is -2.28. The summed E-state index contributed by atoms with van der Waals surface area (Å²) in [4.78, 5) is 18.3. The standard InChI is InChI=1S/C19H19N5O2/c1-2-26-19(25)15-8-9-16(20-12-15)23-10-11-24-17(13-23)21-22-18(24)14-6-4-3-5-7-14/h3-9,12H,2,10-11,13H2,1H3. The van der Waals surface area contributed by atoms with E-state index < -0.39 is 0 Å². The van der Waals surface area contributed by atoms with Gasteiger partial charge in [-0.1, -0.05) is 30.3 Å². The number of fused-ring (bicyclic) bond motifs is 1. The first-order valence-corrected chi connectivity index (χ1v) is 8.62. The van der Waals surface area contributed by atoms with Crippen molar-refractivity contribution < 1.29 is 9.53 Å². The minimum Gasteiger partial charge on any atom is -0.462 e. The molecule has 0 amide bonds. The predicted octanol–water partition coefficient (Wildman–Crippen LogP) is 2.54. The third kappa shape index (κ3) is 3.03. The van der Waals surface area contributed by atoms with Gasteiger partial charge in [-0.25, -0.2) is 9.78 Å². The Morgan fingerprint density at radius 2 is 1.96 bits per heavy atom. The van der Waals surface area contributed by atoms with Gasteiger partial charge in [-0.05, 0) is 19.1 Å². The van der Waals surface area contributed by atoms with Gasteiger partial charge in [0.1, 0.15) is 5.82 Å². The molecule has 0 unspecified atom stereocenters. The minimum absolute atomic E-state index is 0.350. The Labute approximate surface area is 151 Å². The third-order valence-corrected chi connectivity index (χ3v) is 4.37. The molecule has 0 fully saturated rings. The van der Waals surface area contributed by atoms with Crippen molar-refractivity contribution in [1.29, 1.82) is 0 Å². The number of esters is 1. The van der Waals surface area contributed by atoms with Crippen LogP contribution in [-0.4, -0.2) is 38.9 Å². The molecule has 132 valence electrons. The highest BCUT2D eigenvalue weighted by Crippen LogP contribution is 2.24. The van der Waals surface area contributed by atoms with Crippen molar-refractivity contribution in [1.82, 2.24) is 19.7 Å². The van der Waals surface area contributed by atoms with Crippen LogP contribution in [0.2, 0.25) is 0 Å². The predicted molar refractivity (Wildman–Crippen MR) is 96.7 cm³/mol. The second-order valence-electron chi connectivity index (χ2n) is 6.00. The average molecular weight is 349 g/mol. The van der Waals surface area contributed by atoms with Gasteiger partial charge in [-0.2, -0.15) is 0 Å². The van der Waals surface area contributed by atoms with Crippen molar-refractivity contribution in [3.8, 4) is 11.4 Å². The molecule has 0 saturated carbocycles. The van der Waals surface area contributed by atoms with Crippen molar-refractivity contribution >= 4 is 11.8 Å². The van der Waals surface area contributed by atoms with Crippen LogP contribution in [0.5, 0.6) is 0 Å². The number of pyridine rings is 1. The van der Waals surface area contributed by atoms with E-state index in [-0.39, 0.29) is 5.97 Å². The summed E-state index contributed by atoms with van der Waals surface area (Å²) < 4.78 is 7.14. The van der Waals surface area contributed by atoms with E-state index >= 15 is 0 Å². The van der Waals surface area contributed by atoms with Gasteiger partial charge in [0.05, 0.1) is 18.7 Å². The van der Waals surface area contributed by atoms with E-state index in [4.69, 9.17) is 4.74 Å². The normalized spacial score (nSPS) is 13.3. The fourth-order valence-corrected chi connectivity index (χ4v) is 3.06. The fraction of sp³-hybridized carbons (Fsp3) is 0.263. The highest BCUT2D eigenvalue weighted by atomic mass is 16.5. The molecule has 3 heterocycles. The van der Waals surface area contributed by atoms with Crippen molar-refractivity contribution in [2.24, 2.45) is 0 Å². The summed E-state index contributed by atoms with van der Waals surface area (Å²) >= 11 is 0. The van der Waals surface area contributed by atoms with Gasteiger partial charge in [0.15, 0.2) is 11.6 Å². The Bertz CT molecular complexity index is 905. The molecule has 2 aromatic heterocycles. The molecule has 0 bridgehead atoms. The minimum atomic E-state index is -0.350. The molecule has 0 saturated heterocycles. The number of aromatic nitrogens is 4. The zero-order valence-corrected chi connectivity index (χ0v) is 14.5. The molecule has 3 aromatic rings. The first-order valence-electron chi connectivity index (χ1n) is 8.62. The molecular weight excluding hydrogens is 330 g/mol. The molecule has 0 radical (unpaired) electrons. The Morgan fingerprint density at radius 3 is 2.69 bits per heavy atom. The van der Waals surface area contributed by atoms with Crippen LogP contribution in [0, 0.1) is 0 Å². The van der Waals surface area contributed by atoms with Crippen molar-refractivity contribution in [3.63, 3.8) is 0 Å². The SMILES string of the molecule is CCOC(=O)c1ccc(N2CCn3c(nnc3-c3ccccc3)C2)nc1. The molecule has 0 spiro atoms. The number of carbonyl (C=O) groups is 1.